The van der Waals surface area contributed by atoms with Crippen LogP contribution in [0.25, 0.3) is 0 Å². The predicted octanol–water partition coefficient (Wildman–Crippen LogP) is 7.17. The molecule has 0 aliphatic carbocycles. The molecular formula is C24H41FO. The van der Waals surface area contributed by atoms with Crippen LogP contribution in [0.15, 0.2) is 24.3 Å². The second-order valence-corrected chi connectivity index (χ2v) is 8.62. The van der Waals surface area contributed by atoms with Crippen LogP contribution in [0.3, 0.4) is 0 Å². The molecule has 150 valence electrons. The molecule has 1 nitrogen and oxygen atoms in total. The van der Waals surface area contributed by atoms with Gasteiger partial charge in [-0.3, -0.25) is 0 Å². The average Bonchev–Trinajstić information content (AvgIpc) is 2.60. The highest BCUT2D eigenvalue weighted by Gasteiger charge is 2.41. The van der Waals surface area contributed by atoms with Crippen LogP contribution in [-0.2, 0) is 6.42 Å². The van der Waals surface area contributed by atoms with Crippen LogP contribution in [0.4, 0.5) is 4.39 Å². The number of unbranched alkanes of at least 4 members (excludes halogenated alkanes) is 5. The summed E-state index contributed by atoms with van der Waals surface area (Å²) >= 11 is 0. The summed E-state index contributed by atoms with van der Waals surface area (Å²) in [6.45, 7) is 10.8. The molecule has 0 aromatic heterocycles. The fourth-order valence-corrected chi connectivity index (χ4v) is 4.38. The Hall–Kier alpha value is -0.890. The summed E-state index contributed by atoms with van der Waals surface area (Å²) in [5.74, 6) is 0.582. The van der Waals surface area contributed by atoms with Gasteiger partial charge in [0.15, 0.2) is 0 Å². The number of hydrogen-bond acceptors (Lipinski definition) is 1. The van der Waals surface area contributed by atoms with E-state index in [1.54, 1.807) is 0 Å². The molecule has 1 aromatic rings. The molecule has 0 saturated heterocycles. The van der Waals surface area contributed by atoms with Gasteiger partial charge in [0, 0.05) is 0 Å². The van der Waals surface area contributed by atoms with Gasteiger partial charge < -0.3 is 5.11 Å². The van der Waals surface area contributed by atoms with Gasteiger partial charge >= 0.3 is 0 Å². The maximum Gasteiger partial charge on any atom is 0.123 e. The average molecular weight is 365 g/mol. The zero-order valence-corrected chi connectivity index (χ0v) is 17.7. The minimum Gasteiger partial charge on any atom is -0.389 e. The van der Waals surface area contributed by atoms with Gasteiger partial charge in [-0.05, 0) is 54.7 Å². The maximum atomic E-state index is 13.1. The van der Waals surface area contributed by atoms with Crippen LogP contribution in [0, 0.1) is 23.6 Å². The van der Waals surface area contributed by atoms with E-state index in [0.717, 1.165) is 24.8 Å². The molecule has 26 heavy (non-hydrogen) atoms. The number of aryl methyl sites for hydroxylation is 1. The third-order valence-electron chi connectivity index (χ3n) is 6.10. The van der Waals surface area contributed by atoms with Gasteiger partial charge in [-0.25, -0.2) is 4.39 Å². The molecule has 0 amide bonds. The Kier molecular flexibility index (Phi) is 10.5. The van der Waals surface area contributed by atoms with Crippen molar-refractivity contribution >= 4 is 0 Å². The van der Waals surface area contributed by atoms with Crippen molar-refractivity contribution in [3.05, 3.63) is 35.6 Å². The smallest absolute Gasteiger partial charge is 0.123 e. The lowest BCUT2D eigenvalue weighted by molar-refractivity contribution is -0.101. The number of halogens is 1. The molecule has 1 rings (SSSR count). The Morgan fingerprint density at radius 3 is 1.92 bits per heavy atom. The predicted molar refractivity (Wildman–Crippen MR) is 111 cm³/mol. The largest absolute Gasteiger partial charge is 0.389 e. The molecule has 0 aliphatic heterocycles. The Labute approximate surface area is 161 Å². The van der Waals surface area contributed by atoms with Gasteiger partial charge in [-0.2, -0.15) is 0 Å². The van der Waals surface area contributed by atoms with Crippen molar-refractivity contribution in [1.82, 2.24) is 0 Å². The Morgan fingerprint density at radius 2 is 1.38 bits per heavy atom. The van der Waals surface area contributed by atoms with Crippen molar-refractivity contribution in [2.45, 2.75) is 98.0 Å². The molecule has 1 unspecified atom stereocenters. The second kappa shape index (κ2) is 11.7. The zero-order chi connectivity index (χ0) is 19.6. The molecule has 1 N–H and O–H groups in total. The SMILES string of the molecule is CCCCCCCCC(CCc1ccc(F)cc1)C(O)(C(C)C)C(C)C. The van der Waals surface area contributed by atoms with Gasteiger partial charge in [0.05, 0.1) is 5.60 Å². The van der Waals surface area contributed by atoms with Crippen molar-refractivity contribution in [2.24, 2.45) is 17.8 Å². The summed E-state index contributed by atoms with van der Waals surface area (Å²) in [5.41, 5.74) is 0.526. The third-order valence-corrected chi connectivity index (χ3v) is 6.10. The molecule has 1 atom stereocenters. The molecule has 0 heterocycles. The highest BCUT2D eigenvalue weighted by molar-refractivity contribution is 5.16. The van der Waals surface area contributed by atoms with Crippen LogP contribution in [-0.4, -0.2) is 10.7 Å². The first-order valence-corrected chi connectivity index (χ1v) is 10.8. The van der Waals surface area contributed by atoms with Crippen molar-refractivity contribution in [3.8, 4) is 0 Å². The molecule has 0 aliphatic rings. The third kappa shape index (κ3) is 7.02. The first-order chi connectivity index (χ1) is 12.3. The highest BCUT2D eigenvalue weighted by Crippen LogP contribution is 2.39. The summed E-state index contributed by atoms with van der Waals surface area (Å²) in [4.78, 5) is 0. The normalized spacial score (nSPS) is 13.6. The van der Waals surface area contributed by atoms with E-state index < -0.39 is 5.60 Å². The highest BCUT2D eigenvalue weighted by atomic mass is 19.1. The summed E-state index contributed by atoms with van der Waals surface area (Å²) in [7, 11) is 0. The first-order valence-electron chi connectivity index (χ1n) is 10.8. The van der Waals surface area contributed by atoms with Gasteiger partial charge in [0.25, 0.3) is 0 Å². The minimum absolute atomic E-state index is 0.182. The monoisotopic (exact) mass is 364 g/mol. The summed E-state index contributed by atoms with van der Waals surface area (Å²) in [6, 6.07) is 6.83. The van der Waals surface area contributed by atoms with Gasteiger partial charge in [-0.1, -0.05) is 85.3 Å². The number of benzene rings is 1. The van der Waals surface area contributed by atoms with E-state index in [-0.39, 0.29) is 17.7 Å². The van der Waals surface area contributed by atoms with Gasteiger partial charge in [0.2, 0.25) is 0 Å². The van der Waals surface area contributed by atoms with Crippen LogP contribution in [0.1, 0.15) is 91.5 Å². The zero-order valence-electron chi connectivity index (χ0n) is 17.7. The van der Waals surface area contributed by atoms with Crippen LogP contribution < -0.4 is 0 Å². The Morgan fingerprint density at radius 1 is 0.846 bits per heavy atom. The number of aliphatic hydroxyl groups is 1. The topological polar surface area (TPSA) is 20.2 Å². The van der Waals surface area contributed by atoms with Gasteiger partial charge in [0.1, 0.15) is 5.82 Å². The van der Waals surface area contributed by atoms with Crippen LogP contribution in [0.5, 0.6) is 0 Å². The Balaban J connectivity index is 2.71. The van der Waals surface area contributed by atoms with E-state index in [2.05, 4.69) is 34.6 Å². The molecule has 0 bridgehead atoms. The van der Waals surface area contributed by atoms with E-state index >= 15 is 0 Å². The van der Waals surface area contributed by atoms with Crippen molar-refractivity contribution in [2.75, 3.05) is 0 Å². The molecular weight excluding hydrogens is 323 g/mol. The lowest BCUT2D eigenvalue weighted by Crippen LogP contribution is -2.48. The van der Waals surface area contributed by atoms with Crippen molar-refractivity contribution in [1.29, 1.82) is 0 Å². The minimum atomic E-state index is -0.635. The van der Waals surface area contributed by atoms with E-state index in [0.29, 0.717) is 5.92 Å². The van der Waals surface area contributed by atoms with E-state index in [4.69, 9.17) is 0 Å². The molecule has 0 radical (unpaired) electrons. The quantitative estimate of drug-likeness (QED) is 0.368. The fraction of sp³-hybridized carbons (Fsp3) is 0.750. The molecule has 0 spiro atoms. The number of hydrogen-bond donors (Lipinski definition) is 1. The fourth-order valence-electron chi connectivity index (χ4n) is 4.38. The molecule has 2 heteroatoms. The lowest BCUT2D eigenvalue weighted by Gasteiger charge is -2.43. The lowest BCUT2D eigenvalue weighted by atomic mass is 9.68. The maximum absolute atomic E-state index is 13.1. The summed E-state index contributed by atoms with van der Waals surface area (Å²) in [6.07, 6.45) is 10.7. The van der Waals surface area contributed by atoms with Gasteiger partial charge in [-0.15, -0.1) is 0 Å². The van der Waals surface area contributed by atoms with E-state index in [1.165, 1.54) is 50.7 Å². The summed E-state index contributed by atoms with van der Waals surface area (Å²) in [5, 5.41) is 11.5. The number of rotatable bonds is 13. The molecule has 0 fully saturated rings. The van der Waals surface area contributed by atoms with Crippen molar-refractivity contribution < 1.29 is 9.50 Å². The second-order valence-electron chi connectivity index (χ2n) is 8.62. The molecule has 0 saturated carbocycles. The molecule has 1 aromatic carbocycles. The van der Waals surface area contributed by atoms with Crippen molar-refractivity contribution in [3.63, 3.8) is 0 Å². The first kappa shape index (κ1) is 23.1. The van der Waals surface area contributed by atoms with E-state index in [9.17, 15) is 9.50 Å². The van der Waals surface area contributed by atoms with E-state index in [1.807, 2.05) is 12.1 Å². The standard InChI is InChI=1S/C24H41FO/c1-6-7-8-9-10-11-12-22(24(26,19(2)3)20(4)5)16-13-21-14-17-23(25)18-15-21/h14-15,17-20,22,26H,6-13,16H2,1-5H3. The summed E-state index contributed by atoms with van der Waals surface area (Å²) < 4.78 is 13.1. The van der Waals surface area contributed by atoms with Crippen LogP contribution >= 0.6 is 0 Å². The van der Waals surface area contributed by atoms with Crippen LogP contribution in [0.2, 0.25) is 0 Å². The Bertz CT molecular complexity index is 469.